The highest BCUT2D eigenvalue weighted by molar-refractivity contribution is 7.47. The molecule has 0 aliphatic heterocycles. The second-order valence-corrected chi connectivity index (χ2v) is 17.5. The molecule has 0 amide bonds. The van der Waals surface area contributed by atoms with Crippen LogP contribution in [0, 0.1) is 0 Å². The van der Waals surface area contributed by atoms with E-state index in [1.54, 1.807) is 12.2 Å². The second-order valence-electron chi connectivity index (χ2n) is 16.1. The average Bonchev–Trinajstić information content (AvgIpc) is 3.25. The smallest absolute Gasteiger partial charge is 0.462 e. The van der Waals surface area contributed by atoms with E-state index in [0.717, 1.165) is 57.8 Å². The van der Waals surface area contributed by atoms with E-state index in [-0.39, 0.29) is 25.7 Å². The van der Waals surface area contributed by atoms with E-state index in [1.807, 2.05) is 12.2 Å². The average molecular weight is 901 g/mol. The van der Waals surface area contributed by atoms with Gasteiger partial charge in [0, 0.05) is 12.8 Å². The van der Waals surface area contributed by atoms with Crippen molar-refractivity contribution in [3.05, 3.63) is 60.8 Å². The Bertz CT molecular complexity index is 1330. The quantitative estimate of drug-likeness (QED) is 0.0103. The third-order valence-corrected chi connectivity index (χ3v) is 11.4. The summed E-state index contributed by atoms with van der Waals surface area (Å²) in [6.07, 6.45) is 27.2. The lowest BCUT2D eigenvalue weighted by Crippen LogP contribution is -2.64. The molecule has 0 bridgehead atoms. The number of aliphatic hydroxyl groups excluding tert-OH is 6. The van der Waals surface area contributed by atoms with Crippen LogP contribution in [0.1, 0.15) is 162 Å². The minimum atomic E-state index is -5.18. The number of phosphoric acid groups is 1. The molecule has 358 valence electrons. The Morgan fingerprint density at radius 2 is 1.06 bits per heavy atom. The van der Waals surface area contributed by atoms with Gasteiger partial charge in [0.2, 0.25) is 0 Å². The molecule has 0 saturated heterocycles. The normalized spacial score (nSPS) is 22.9. The maximum atomic E-state index is 12.8. The molecule has 0 aromatic heterocycles. The highest BCUT2D eigenvalue weighted by Gasteiger charge is 2.51. The lowest BCUT2D eigenvalue weighted by Gasteiger charge is -2.41. The first-order chi connectivity index (χ1) is 29.8. The van der Waals surface area contributed by atoms with Crippen LogP contribution in [-0.2, 0) is 32.7 Å². The molecule has 4 unspecified atom stereocenters. The van der Waals surface area contributed by atoms with Gasteiger partial charge < -0.3 is 45.0 Å². The molecular formula is C47H81O14P. The number of hydrogen-bond donors (Lipinski definition) is 7. The summed E-state index contributed by atoms with van der Waals surface area (Å²) in [5.74, 6) is -1.32. The minimum absolute atomic E-state index is 0.109. The summed E-state index contributed by atoms with van der Waals surface area (Å²) in [5.41, 5.74) is 0. The molecular weight excluding hydrogens is 819 g/mol. The lowest BCUT2D eigenvalue weighted by atomic mass is 9.85. The monoisotopic (exact) mass is 901 g/mol. The first-order valence-electron chi connectivity index (χ1n) is 23.2. The first kappa shape index (κ1) is 57.5. The molecule has 0 aromatic rings. The van der Waals surface area contributed by atoms with Crippen molar-refractivity contribution in [1.29, 1.82) is 0 Å². The highest BCUT2D eigenvalue weighted by Crippen LogP contribution is 2.47. The van der Waals surface area contributed by atoms with Crippen molar-refractivity contribution in [3.8, 4) is 0 Å². The van der Waals surface area contributed by atoms with E-state index in [1.165, 1.54) is 57.8 Å². The van der Waals surface area contributed by atoms with Crippen LogP contribution < -0.4 is 0 Å². The van der Waals surface area contributed by atoms with Crippen molar-refractivity contribution in [2.45, 2.75) is 210 Å². The fourth-order valence-electron chi connectivity index (χ4n) is 6.62. The molecule has 1 aliphatic carbocycles. The van der Waals surface area contributed by atoms with Crippen LogP contribution in [0.25, 0.3) is 0 Å². The number of hydrogen-bond acceptors (Lipinski definition) is 13. The summed E-state index contributed by atoms with van der Waals surface area (Å²) < 4.78 is 33.4. The number of rotatable bonds is 37. The SMILES string of the molecule is CCCCC/C=C\C/C=C\CCCCCCCC(=O)OC[C@H](COP(=O)(O)OC1[C@H](O)[C@H](O)C(O)[C@H](O)[C@H]1O)OC(=O)CCCC(O)/C=C/C=C/C/C=C/CCCCCCCC. The molecule has 1 fully saturated rings. The molecule has 1 rings (SSSR count). The van der Waals surface area contributed by atoms with E-state index in [4.69, 9.17) is 18.5 Å². The zero-order valence-electron chi connectivity index (χ0n) is 37.5. The Morgan fingerprint density at radius 3 is 1.66 bits per heavy atom. The number of carbonyl (C=O) groups excluding carboxylic acids is 2. The van der Waals surface area contributed by atoms with Crippen LogP contribution in [0.5, 0.6) is 0 Å². The third kappa shape index (κ3) is 29.1. The van der Waals surface area contributed by atoms with E-state index in [2.05, 4.69) is 50.3 Å². The standard InChI is InChI=1S/C47H81O14P/c1-3-5-7-9-11-13-15-17-18-20-22-24-26-28-30-34-40(49)58-36-39(37-59-62(56,57)61-47-45(54)43(52)42(51)44(53)46(47)55)60-41(50)35-31-33-38(48)32-29-27-25-23-21-19-16-14-12-10-8-6-4-2/h11,13,17-19,21,25,27,29,32,38-39,42-48,51-55H,3-10,12,14-16,20,22-24,26,28,30-31,33-37H2,1-2H3,(H,56,57)/b13-11-,18-17-,21-19+,27-25+,32-29+/t38?,39-,42?,43-,44+,45-,46-,47?/m1/s1. The third-order valence-electron chi connectivity index (χ3n) is 10.4. The lowest BCUT2D eigenvalue weighted by molar-refractivity contribution is -0.220. The van der Waals surface area contributed by atoms with E-state index >= 15 is 0 Å². The summed E-state index contributed by atoms with van der Waals surface area (Å²) in [6, 6.07) is 0. The zero-order valence-corrected chi connectivity index (χ0v) is 38.4. The van der Waals surface area contributed by atoms with Crippen LogP contribution in [0.4, 0.5) is 0 Å². The van der Waals surface area contributed by atoms with Gasteiger partial charge in [-0.3, -0.25) is 18.6 Å². The summed E-state index contributed by atoms with van der Waals surface area (Å²) >= 11 is 0. The van der Waals surface area contributed by atoms with Crippen molar-refractivity contribution in [2.75, 3.05) is 13.2 Å². The van der Waals surface area contributed by atoms with Gasteiger partial charge in [-0.15, -0.1) is 0 Å². The summed E-state index contributed by atoms with van der Waals surface area (Å²) in [6.45, 7) is 3.08. The molecule has 1 aliphatic rings. The maximum Gasteiger partial charge on any atom is 0.472 e. The van der Waals surface area contributed by atoms with Crippen molar-refractivity contribution in [1.82, 2.24) is 0 Å². The molecule has 0 spiro atoms. The zero-order chi connectivity index (χ0) is 45.9. The Balaban J connectivity index is 2.57. The van der Waals surface area contributed by atoms with Crippen LogP contribution in [0.15, 0.2) is 60.8 Å². The largest absolute Gasteiger partial charge is 0.472 e. The van der Waals surface area contributed by atoms with Gasteiger partial charge in [0.1, 0.15) is 43.2 Å². The Hall–Kier alpha value is -2.49. The summed E-state index contributed by atoms with van der Waals surface area (Å²) in [5, 5.41) is 60.5. The predicted octanol–water partition coefficient (Wildman–Crippen LogP) is 7.92. The highest BCUT2D eigenvalue weighted by atomic mass is 31.2. The van der Waals surface area contributed by atoms with Crippen molar-refractivity contribution in [2.24, 2.45) is 0 Å². The van der Waals surface area contributed by atoms with Gasteiger partial charge in [0.05, 0.1) is 12.7 Å². The van der Waals surface area contributed by atoms with Gasteiger partial charge in [-0.05, 0) is 70.6 Å². The number of esters is 2. The van der Waals surface area contributed by atoms with Crippen molar-refractivity contribution < 1.29 is 68.2 Å². The van der Waals surface area contributed by atoms with Crippen molar-refractivity contribution >= 4 is 19.8 Å². The molecule has 7 N–H and O–H groups in total. The number of aliphatic hydroxyl groups is 6. The second kappa shape index (κ2) is 36.8. The Morgan fingerprint density at radius 1 is 0.581 bits per heavy atom. The molecule has 0 aromatic carbocycles. The van der Waals surface area contributed by atoms with Crippen LogP contribution in [-0.4, -0.2) is 110 Å². The number of carbonyl (C=O) groups is 2. The van der Waals surface area contributed by atoms with Crippen LogP contribution >= 0.6 is 7.82 Å². The van der Waals surface area contributed by atoms with Gasteiger partial charge in [-0.25, -0.2) is 4.57 Å². The molecule has 15 heteroatoms. The van der Waals surface area contributed by atoms with E-state index in [9.17, 15) is 49.7 Å². The van der Waals surface area contributed by atoms with Gasteiger partial charge in [-0.1, -0.05) is 139 Å². The van der Waals surface area contributed by atoms with Gasteiger partial charge in [0.15, 0.2) is 6.10 Å². The molecule has 62 heavy (non-hydrogen) atoms. The number of ether oxygens (including phenoxy) is 2. The number of allylic oxidation sites excluding steroid dienone is 9. The maximum absolute atomic E-state index is 12.8. The molecule has 14 nitrogen and oxygen atoms in total. The molecule has 1 saturated carbocycles. The minimum Gasteiger partial charge on any atom is -0.462 e. The fourth-order valence-corrected chi connectivity index (χ4v) is 7.59. The van der Waals surface area contributed by atoms with Crippen LogP contribution in [0.3, 0.4) is 0 Å². The number of unbranched alkanes of at least 4 members (excludes halogenated alkanes) is 14. The molecule has 0 radical (unpaired) electrons. The Kier molecular flexibility index (Phi) is 34.2. The van der Waals surface area contributed by atoms with E-state index < -0.39 is 81.8 Å². The molecule has 9 atom stereocenters. The van der Waals surface area contributed by atoms with E-state index in [0.29, 0.717) is 6.42 Å². The topological polar surface area (TPSA) is 230 Å². The van der Waals surface area contributed by atoms with Gasteiger partial charge >= 0.3 is 19.8 Å². The molecule has 0 heterocycles. The first-order valence-corrected chi connectivity index (χ1v) is 24.7. The Labute approximate surface area is 371 Å². The predicted molar refractivity (Wildman–Crippen MR) is 241 cm³/mol. The summed E-state index contributed by atoms with van der Waals surface area (Å²) in [7, 11) is -5.18. The fraction of sp³-hybridized carbons (Fsp3) is 0.745. The van der Waals surface area contributed by atoms with Crippen LogP contribution in [0.2, 0.25) is 0 Å². The number of phosphoric ester groups is 1. The summed E-state index contributed by atoms with van der Waals surface area (Å²) in [4.78, 5) is 35.7. The van der Waals surface area contributed by atoms with Gasteiger partial charge in [-0.2, -0.15) is 0 Å². The van der Waals surface area contributed by atoms with Gasteiger partial charge in [0.25, 0.3) is 0 Å². The van der Waals surface area contributed by atoms with Crippen molar-refractivity contribution in [3.63, 3.8) is 0 Å².